The van der Waals surface area contributed by atoms with Crippen molar-refractivity contribution in [3.05, 3.63) is 24.3 Å². The molecule has 0 aliphatic carbocycles. The summed E-state index contributed by atoms with van der Waals surface area (Å²) >= 11 is 0. The van der Waals surface area contributed by atoms with Gasteiger partial charge in [0.1, 0.15) is 12.4 Å². The Morgan fingerprint density at radius 2 is 2.09 bits per heavy atom. The highest BCUT2D eigenvalue weighted by Gasteiger charge is 2.18. The summed E-state index contributed by atoms with van der Waals surface area (Å²) in [6.45, 7) is 2.46. The number of amides is 1. The van der Waals surface area contributed by atoms with Gasteiger partial charge in [-0.2, -0.15) is 0 Å². The molecule has 2 N–H and O–H groups in total. The summed E-state index contributed by atoms with van der Waals surface area (Å²) in [5.74, 6) is 0.874. The van der Waals surface area contributed by atoms with Crippen LogP contribution in [0.2, 0.25) is 0 Å². The Kier molecular flexibility index (Phi) is 7.15. The summed E-state index contributed by atoms with van der Waals surface area (Å²) in [5, 5.41) is 6.27. The van der Waals surface area contributed by atoms with E-state index in [1.807, 2.05) is 24.3 Å². The summed E-state index contributed by atoms with van der Waals surface area (Å²) in [6.07, 6.45) is 5.20. The first-order valence-corrected chi connectivity index (χ1v) is 8.17. The van der Waals surface area contributed by atoms with Gasteiger partial charge >= 0.3 is 0 Å². The van der Waals surface area contributed by atoms with E-state index in [1.54, 1.807) is 0 Å². The Morgan fingerprint density at radius 1 is 1.26 bits per heavy atom. The van der Waals surface area contributed by atoms with Crippen LogP contribution in [0.25, 0.3) is 0 Å². The first kappa shape index (κ1) is 18.0. The van der Waals surface area contributed by atoms with Crippen LogP contribution in [-0.2, 0) is 9.53 Å². The maximum absolute atomic E-state index is 12.0. The van der Waals surface area contributed by atoms with Crippen molar-refractivity contribution < 1.29 is 14.3 Å². The second kappa shape index (κ2) is 9.11. The molecule has 2 atom stereocenters. The van der Waals surface area contributed by atoms with Crippen LogP contribution >= 0.6 is 12.4 Å². The standard InChI is InChI=1S/C17H24N2O3.ClH/c20-17(11-14-3-1-9-18-14)19-13-5-7-15(8-6-13)22-12-16-4-2-10-21-16;/h5-8,14,16,18H,1-4,9-12H2,(H,19,20);1H. The van der Waals surface area contributed by atoms with Gasteiger partial charge in [0.15, 0.2) is 0 Å². The van der Waals surface area contributed by atoms with Gasteiger partial charge in [0.25, 0.3) is 0 Å². The van der Waals surface area contributed by atoms with E-state index in [9.17, 15) is 4.79 Å². The Balaban J connectivity index is 0.00000192. The first-order chi connectivity index (χ1) is 10.8. The molecule has 0 saturated carbocycles. The van der Waals surface area contributed by atoms with Crippen molar-refractivity contribution in [3.8, 4) is 5.75 Å². The van der Waals surface area contributed by atoms with Crippen LogP contribution in [0.3, 0.4) is 0 Å². The summed E-state index contributed by atoms with van der Waals surface area (Å²) in [5.41, 5.74) is 0.812. The van der Waals surface area contributed by atoms with Crippen molar-refractivity contribution in [1.82, 2.24) is 5.32 Å². The van der Waals surface area contributed by atoms with Crippen molar-refractivity contribution in [2.45, 2.75) is 44.2 Å². The third-order valence-electron chi connectivity index (χ3n) is 4.19. The molecule has 0 aromatic heterocycles. The molecule has 128 valence electrons. The van der Waals surface area contributed by atoms with E-state index in [0.717, 1.165) is 50.3 Å². The SMILES string of the molecule is Cl.O=C(CC1CCCN1)Nc1ccc(OCC2CCCO2)cc1. The highest BCUT2D eigenvalue weighted by Crippen LogP contribution is 2.19. The number of nitrogens with one attached hydrogen (secondary N) is 2. The van der Waals surface area contributed by atoms with Gasteiger partial charge in [-0.15, -0.1) is 12.4 Å². The zero-order valence-electron chi connectivity index (χ0n) is 13.3. The van der Waals surface area contributed by atoms with Crippen molar-refractivity contribution in [1.29, 1.82) is 0 Å². The average Bonchev–Trinajstić information content (AvgIpc) is 3.20. The molecule has 2 fully saturated rings. The molecular weight excluding hydrogens is 316 g/mol. The third-order valence-corrected chi connectivity index (χ3v) is 4.19. The monoisotopic (exact) mass is 340 g/mol. The lowest BCUT2D eigenvalue weighted by molar-refractivity contribution is -0.116. The minimum atomic E-state index is 0. The number of rotatable bonds is 6. The maximum Gasteiger partial charge on any atom is 0.225 e. The van der Waals surface area contributed by atoms with Gasteiger partial charge in [-0.3, -0.25) is 4.79 Å². The summed E-state index contributed by atoms with van der Waals surface area (Å²) in [6, 6.07) is 7.86. The van der Waals surface area contributed by atoms with Crippen molar-refractivity contribution >= 4 is 24.0 Å². The molecule has 1 aromatic rings. The number of halogens is 1. The topological polar surface area (TPSA) is 59.6 Å². The van der Waals surface area contributed by atoms with E-state index in [-0.39, 0.29) is 24.4 Å². The molecule has 23 heavy (non-hydrogen) atoms. The fourth-order valence-corrected chi connectivity index (χ4v) is 2.97. The average molecular weight is 341 g/mol. The van der Waals surface area contributed by atoms with Crippen LogP contribution in [0.4, 0.5) is 5.69 Å². The Labute approximate surface area is 143 Å². The van der Waals surface area contributed by atoms with Crippen molar-refractivity contribution in [2.24, 2.45) is 0 Å². The Bertz CT molecular complexity index is 483. The van der Waals surface area contributed by atoms with Crippen LogP contribution in [0.5, 0.6) is 5.75 Å². The van der Waals surface area contributed by atoms with Gasteiger partial charge in [-0.05, 0) is 56.5 Å². The largest absolute Gasteiger partial charge is 0.491 e. The molecule has 0 radical (unpaired) electrons. The molecule has 1 aromatic carbocycles. The number of hydrogen-bond donors (Lipinski definition) is 2. The molecule has 0 spiro atoms. The molecule has 0 bridgehead atoms. The molecule has 1 amide bonds. The van der Waals surface area contributed by atoms with Gasteiger partial charge in [0.05, 0.1) is 6.10 Å². The van der Waals surface area contributed by atoms with Crippen LogP contribution < -0.4 is 15.4 Å². The van der Waals surface area contributed by atoms with Gasteiger partial charge in [-0.25, -0.2) is 0 Å². The number of ether oxygens (including phenoxy) is 2. The minimum Gasteiger partial charge on any atom is -0.491 e. The number of anilines is 1. The van der Waals surface area contributed by atoms with Gasteiger partial charge in [0, 0.05) is 24.8 Å². The number of benzene rings is 1. The third kappa shape index (κ3) is 5.68. The molecule has 5 nitrogen and oxygen atoms in total. The predicted octanol–water partition coefficient (Wildman–Crippen LogP) is 2.75. The lowest BCUT2D eigenvalue weighted by Gasteiger charge is -2.13. The molecule has 2 aliphatic heterocycles. The van der Waals surface area contributed by atoms with E-state index < -0.39 is 0 Å². The molecule has 3 rings (SSSR count). The fourth-order valence-electron chi connectivity index (χ4n) is 2.97. The maximum atomic E-state index is 12.0. The molecule has 6 heteroatoms. The van der Waals surface area contributed by atoms with E-state index in [4.69, 9.17) is 9.47 Å². The zero-order valence-corrected chi connectivity index (χ0v) is 14.1. The number of hydrogen-bond acceptors (Lipinski definition) is 4. The molecular formula is C17H25ClN2O3. The molecule has 2 aliphatic rings. The predicted molar refractivity (Wildman–Crippen MR) is 92.4 cm³/mol. The second-order valence-electron chi connectivity index (χ2n) is 6.02. The second-order valence-corrected chi connectivity index (χ2v) is 6.02. The van der Waals surface area contributed by atoms with Gasteiger partial charge in [0.2, 0.25) is 5.91 Å². The van der Waals surface area contributed by atoms with Gasteiger partial charge in [-0.1, -0.05) is 0 Å². The van der Waals surface area contributed by atoms with E-state index in [2.05, 4.69) is 10.6 Å². The zero-order chi connectivity index (χ0) is 15.2. The Hall–Kier alpha value is -1.30. The lowest BCUT2D eigenvalue weighted by Crippen LogP contribution is -2.27. The fraction of sp³-hybridized carbons (Fsp3) is 0.588. The van der Waals surface area contributed by atoms with Crippen LogP contribution in [0.1, 0.15) is 32.1 Å². The number of carbonyl (C=O) groups is 1. The lowest BCUT2D eigenvalue weighted by atomic mass is 10.1. The Morgan fingerprint density at radius 3 is 2.74 bits per heavy atom. The molecule has 2 saturated heterocycles. The van der Waals surface area contributed by atoms with Crippen molar-refractivity contribution in [3.63, 3.8) is 0 Å². The molecule has 2 unspecified atom stereocenters. The van der Waals surface area contributed by atoms with Crippen LogP contribution in [0, 0.1) is 0 Å². The highest BCUT2D eigenvalue weighted by molar-refractivity contribution is 5.91. The van der Waals surface area contributed by atoms with Crippen LogP contribution in [-0.4, -0.2) is 37.8 Å². The van der Waals surface area contributed by atoms with E-state index >= 15 is 0 Å². The highest BCUT2D eigenvalue weighted by atomic mass is 35.5. The molecule has 2 heterocycles. The quantitative estimate of drug-likeness (QED) is 0.836. The van der Waals surface area contributed by atoms with Crippen LogP contribution in [0.15, 0.2) is 24.3 Å². The van der Waals surface area contributed by atoms with Crippen molar-refractivity contribution in [2.75, 3.05) is 25.1 Å². The first-order valence-electron chi connectivity index (χ1n) is 8.17. The van der Waals surface area contributed by atoms with E-state index in [1.165, 1.54) is 0 Å². The number of carbonyl (C=O) groups excluding carboxylic acids is 1. The minimum absolute atomic E-state index is 0. The summed E-state index contributed by atoms with van der Waals surface area (Å²) in [4.78, 5) is 12.0. The van der Waals surface area contributed by atoms with E-state index in [0.29, 0.717) is 19.1 Å². The summed E-state index contributed by atoms with van der Waals surface area (Å²) < 4.78 is 11.2. The smallest absolute Gasteiger partial charge is 0.225 e. The summed E-state index contributed by atoms with van der Waals surface area (Å²) in [7, 11) is 0. The van der Waals surface area contributed by atoms with Gasteiger partial charge < -0.3 is 20.1 Å². The normalized spacial score (nSPS) is 23.3.